The molecular formula is C18H23NO5. The minimum atomic E-state index is -0.559. The highest BCUT2D eigenvalue weighted by atomic mass is 16.6. The van der Waals surface area contributed by atoms with E-state index in [9.17, 15) is 19.7 Å². The van der Waals surface area contributed by atoms with E-state index in [2.05, 4.69) is 0 Å². The third kappa shape index (κ3) is 3.99. The fourth-order valence-corrected chi connectivity index (χ4v) is 3.22. The molecule has 3 atom stereocenters. The van der Waals surface area contributed by atoms with Crippen LogP contribution in [0.15, 0.2) is 24.3 Å². The summed E-state index contributed by atoms with van der Waals surface area (Å²) < 4.78 is 5.31. The lowest BCUT2D eigenvalue weighted by Crippen LogP contribution is -2.39. The number of ketones is 1. The normalized spacial score (nSPS) is 24.0. The van der Waals surface area contributed by atoms with E-state index in [1.807, 2.05) is 20.8 Å². The molecule has 0 N–H and O–H groups in total. The van der Waals surface area contributed by atoms with Gasteiger partial charge < -0.3 is 4.74 Å². The molecule has 1 saturated carbocycles. The zero-order chi connectivity index (χ0) is 17.9. The maximum atomic E-state index is 12.6. The summed E-state index contributed by atoms with van der Waals surface area (Å²) in [6, 6.07) is 5.26. The van der Waals surface area contributed by atoms with Crippen molar-refractivity contribution in [1.29, 1.82) is 0 Å². The highest BCUT2D eigenvalue weighted by molar-refractivity contribution is 5.90. The van der Waals surface area contributed by atoms with Crippen molar-refractivity contribution in [3.8, 4) is 0 Å². The second-order valence-corrected chi connectivity index (χ2v) is 6.82. The molecule has 0 saturated heterocycles. The third-order valence-electron chi connectivity index (χ3n) is 4.86. The van der Waals surface area contributed by atoms with Crippen LogP contribution in [0.4, 0.5) is 5.69 Å². The number of hydrogen-bond acceptors (Lipinski definition) is 5. The van der Waals surface area contributed by atoms with E-state index in [1.54, 1.807) is 0 Å². The largest absolute Gasteiger partial charge is 0.461 e. The van der Waals surface area contributed by atoms with Crippen molar-refractivity contribution in [2.24, 2.45) is 23.7 Å². The predicted octanol–water partition coefficient (Wildman–Crippen LogP) is 3.64. The molecule has 1 aliphatic carbocycles. The first-order chi connectivity index (χ1) is 11.3. The van der Waals surface area contributed by atoms with Gasteiger partial charge in [0.05, 0.1) is 16.4 Å². The van der Waals surface area contributed by atoms with Crippen LogP contribution in [-0.2, 0) is 9.53 Å². The van der Waals surface area contributed by atoms with Crippen LogP contribution in [0.3, 0.4) is 0 Å². The number of benzene rings is 1. The van der Waals surface area contributed by atoms with Gasteiger partial charge in [-0.05, 0) is 36.8 Å². The van der Waals surface area contributed by atoms with Crippen molar-refractivity contribution >= 4 is 17.4 Å². The number of Topliss-reactive ketones (excluding diaryl/α,β-unsaturated/α-hetero) is 1. The monoisotopic (exact) mass is 333 g/mol. The number of esters is 1. The SMILES string of the molecule is CC(C)[C@@H]1CC[C@@H](C)[C@H](COC(=O)c2ccc([N+](=O)[O-])cc2)C1=O. The lowest BCUT2D eigenvalue weighted by Gasteiger charge is -2.34. The number of carbonyl (C=O) groups is 2. The highest BCUT2D eigenvalue weighted by Gasteiger charge is 2.37. The Labute approximate surface area is 141 Å². The van der Waals surface area contributed by atoms with E-state index in [0.29, 0.717) is 0 Å². The first-order valence-electron chi connectivity index (χ1n) is 8.26. The summed E-state index contributed by atoms with van der Waals surface area (Å²) in [5, 5.41) is 10.6. The third-order valence-corrected chi connectivity index (χ3v) is 4.86. The molecule has 0 aliphatic heterocycles. The average Bonchev–Trinajstić information content (AvgIpc) is 2.54. The van der Waals surface area contributed by atoms with Crippen LogP contribution in [0.1, 0.15) is 44.0 Å². The molecule has 2 rings (SSSR count). The molecule has 1 aliphatic rings. The average molecular weight is 333 g/mol. The van der Waals surface area contributed by atoms with E-state index in [1.165, 1.54) is 24.3 Å². The Kier molecular flexibility index (Phi) is 5.70. The van der Waals surface area contributed by atoms with E-state index in [4.69, 9.17) is 4.74 Å². The smallest absolute Gasteiger partial charge is 0.338 e. The van der Waals surface area contributed by atoms with Crippen LogP contribution in [0.5, 0.6) is 0 Å². The molecule has 1 aromatic carbocycles. The predicted molar refractivity (Wildman–Crippen MR) is 88.6 cm³/mol. The van der Waals surface area contributed by atoms with E-state index >= 15 is 0 Å². The summed E-state index contributed by atoms with van der Waals surface area (Å²) in [6.07, 6.45) is 1.85. The van der Waals surface area contributed by atoms with Crippen molar-refractivity contribution in [1.82, 2.24) is 0 Å². The molecule has 0 spiro atoms. The van der Waals surface area contributed by atoms with Crippen LogP contribution < -0.4 is 0 Å². The summed E-state index contributed by atoms with van der Waals surface area (Å²) >= 11 is 0. The molecule has 0 heterocycles. The van der Waals surface area contributed by atoms with Gasteiger partial charge in [-0.25, -0.2) is 4.79 Å². The molecule has 0 bridgehead atoms. The Morgan fingerprint density at radius 2 is 1.92 bits per heavy atom. The first kappa shape index (κ1) is 18.1. The second-order valence-electron chi connectivity index (χ2n) is 6.82. The lowest BCUT2D eigenvalue weighted by atomic mass is 9.70. The van der Waals surface area contributed by atoms with Crippen molar-refractivity contribution in [2.45, 2.75) is 33.6 Å². The zero-order valence-corrected chi connectivity index (χ0v) is 14.2. The van der Waals surface area contributed by atoms with Gasteiger partial charge in [0.25, 0.3) is 5.69 Å². The summed E-state index contributed by atoms with van der Waals surface area (Å²) in [5.74, 6) is -0.135. The first-order valence-corrected chi connectivity index (χ1v) is 8.26. The Bertz CT molecular complexity index is 623. The summed E-state index contributed by atoms with van der Waals surface area (Å²) in [6.45, 7) is 6.16. The molecule has 0 radical (unpaired) electrons. The van der Waals surface area contributed by atoms with Crippen LogP contribution in [0.25, 0.3) is 0 Å². The number of nitrogens with zero attached hydrogens (tertiary/aromatic N) is 1. The lowest BCUT2D eigenvalue weighted by molar-refractivity contribution is -0.384. The van der Waals surface area contributed by atoms with Gasteiger partial charge in [-0.1, -0.05) is 20.8 Å². The number of carbonyl (C=O) groups excluding carboxylic acids is 2. The number of rotatable bonds is 5. The Morgan fingerprint density at radius 3 is 2.46 bits per heavy atom. The quantitative estimate of drug-likeness (QED) is 0.466. The molecule has 24 heavy (non-hydrogen) atoms. The van der Waals surface area contributed by atoms with Gasteiger partial charge in [-0.3, -0.25) is 14.9 Å². The molecule has 1 aromatic rings. The maximum Gasteiger partial charge on any atom is 0.338 e. The molecule has 0 amide bonds. The molecule has 0 unspecified atom stereocenters. The minimum Gasteiger partial charge on any atom is -0.461 e. The second kappa shape index (κ2) is 7.55. The number of hydrogen-bond donors (Lipinski definition) is 0. The fraction of sp³-hybridized carbons (Fsp3) is 0.556. The highest BCUT2D eigenvalue weighted by Crippen LogP contribution is 2.34. The van der Waals surface area contributed by atoms with Gasteiger partial charge in [0.1, 0.15) is 12.4 Å². The zero-order valence-electron chi connectivity index (χ0n) is 14.2. The van der Waals surface area contributed by atoms with Crippen molar-refractivity contribution in [2.75, 3.05) is 6.61 Å². The minimum absolute atomic E-state index is 0.0317. The van der Waals surface area contributed by atoms with E-state index in [-0.39, 0.29) is 47.3 Å². The maximum absolute atomic E-state index is 12.6. The summed E-state index contributed by atoms with van der Waals surface area (Å²) in [4.78, 5) is 34.8. The fourth-order valence-electron chi connectivity index (χ4n) is 3.22. The van der Waals surface area contributed by atoms with Gasteiger partial charge in [-0.15, -0.1) is 0 Å². The van der Waals surface area contributed by atoms with Gasteiger partial charge in [0.15, 0.2) is 0 Å². The van der Waals surface area contributed by atoms with Crippen molar-refractivity contribution < 1.29 is 19.2 Å². The van der Waals surface area contributed by atoms with Gasteiger partial charge in [-0.2, -0.15) is 0 Å². The molecular weight excluding hydrogens is 310 g/mol. The van der Waals surface area contributed by atoms with Crippen LogP contribution in [0, 0.1) is 33.8 Å². The molecule has 6 heteroatoms. The summed E-state index contributed by atoms with van der Waals surface area (Å²) in [5.41, 5.74) is 0.166. The van der Waals surface area contributed by atoms with Gasteiger partial charge >= 0.3 is 5.97 Å². The molecule has 1 fully saturated rings. The Balaban J connectivity index is 1.99. The summed E-state index contributed by atoms with van der Waals surface area (Å²) in [7, 11) is 0. The van der Waals surface area contributed by atoms with Crippen molar-refractivity contribution in [3.05, 3.63) is 39.9 Å². The van der Waals surface area contributed by atoms with Crippen molar-refractivity contribution in [3.63, 3.8) is 0 Å². The van der Waals surface area contributed by atoms with Crippen LogP contribution in [-0.4, -0.2) is 23.3 Å². The number of nitro groups is 1. The molecule has 0 aromatic heterocycles. The van der Waals surface area contributed by atoms with Gasteiger partial charge in [0.2, 0.25) is 0 Å². The van der Waals surface area contributed by atoms with Gasteiger partial charge in [0, 0.05) is 18.1 Å². The molecule has 6 nitrogen and oxygen atoms in total. The Morgan fingerprint density at radius 1 is 1.29 bits per heavy atom. The number of nitro benzene ring substituents is 1. The standard InChI is InChI=1S/C18H23NO5/c1-11(2)15-9-4-12(3)16(17(15)20)10-24-18(21)13-5-7-14(8-6-13)19(22)23/h5-8,11-12,15-16H,4,9-10H2,1-3H3/t12-,15+,16+/m1/s1. The number of non-ortho nitro benzene ring substituents is 1. The van der Waals surface area contributed by atoms with Crippen LogP contribution >= 0.6 is 0 Å². The number of ether oxygens (including phenoxy) is 1. The van der Waals surface area contributed by atoms with E-state index < -0.39 is 10.9 Å². The van der Waals surface area contributed by atoms with E-state index in [0.717, 1.165) is 12.8 Å². The van der Waals surface area contributed by atoms with Crippen LogP contribution in [0.2, 0.25) is 0 Å². The Hall–Kier alpha value is -2.24. The topological polar surface area (TPSA) is 86.5 Å². The molecule has 130 valence electrons.